The van der Waals surface area contributed by atoms with Crippen LogP contribution in [0.5, 0.6) is 0 Å². The number of carboxylic acid groups (broad SMARTS) is 1. The van der Waals surface area contributed by atoms with Crippen molar-refractivity contribution in [3.8, 4) is 0 Å². The van der Waals surface area contributed by atoms with Crippen LogP contribution in [0.3, 0.4) is 0 Å². The molecule has 1 aliphatic carbocycles. The van der Waals surface area contributed by atoms with Crippen molar-refractivity contribution in [2.75, 3.05) is 0 Å². The van der Waals surface area contributed by atoms with Gasteiger partial charge >= 0.3 is 5.97 Å². The highest BCUT2D eigenvalue weighted by Crippen LogP contribution is 2.35. The number of aromatic nitrogens is 2. The number of carbonyl (C=O) groups is 1. The van der Waals surface area contributed by atoms with E-state index in [4.69, 9.17) is 4.52 Å². The Bertz CT molecular complexity index is 512. The Morgan fingerprint density at radius 2 is 2.10 bits per heavy atom. The number of nitrogens with zero attached hydrogens (tertiary/aromatic N) is 3. The van der Waals surface area contributed by atoms with Gasteiger partial charge in [-0.1, -0.05) is 11.6 Å². The predicted octanol–water partition coefficient (Wildman–Crippen LogP) is 2.41. The standard InChI is InChI=1S/C15H23N3O3/c1-9-6-7-12(15(19)20)10(2)18(9)8-13-16-14(17-21-13)11-4-3-5-11/h9-12H,3-8H2,1-2H3,(H,19,20). The van der Waals surface area contributed by atoms with Gasteiger partial charge in [-0.25, -0.2) is 0 Å². The van der Waals surface area contributed by atoms with Crippen molar-refractivity contribution in [3.63, 3.8) is 0 Å². The highest BCUT2D eigenvalue weighted by Gasteiger charge is 2.37. The van der Waals surface area contributed by atoms with E-state index in [0.29, 0.717) is 24.4 Å². The molecular formula is C15H23N3O3. The fourth-order valence-corrected chi connectivity index (χ4v) is 3.41. The molecule has 0 bridgehead atoms. The minimum atomic E-state index is -0.708. The molecule has 0 spiro atoms. The number of piperidine rings is 1. The summed E-state index contributed by atoms with van der Waals surface area (Å²) >= 11 is 0. The zero-order valence-electron chi connectivity index (χ0n) is 12.7. The monoisotopic (exact) mass is 293 g/mol. The summed E-state index contributed by atoms with van der Waals surface area (Å²) in [6.07, 6.45) is 5.18. The first kappa shape index (κ1) is 14.5. The van der Waals surface area contributed by atoms with E-state index < -0.39 is 5.97 Å². The number of hydrogen-bond donors (Lipinski definition) is 1. The van der Waals surface area contributed by atoms with Gasteiger partial charge < -0.3 is 9.63 Å². The van der Waals surface area contributed by atoms with Crippen LogP contribution in [0.25, 0.3) is 0 Å². The molecule has 6 nitrogen and oxygen atoms in total. The average Bonchev–Trinajstić information content (AvgIpc) is 2.80. The lowest BCUT2D eigenvalue weighted by molar-refractivity contribution is -0.147. The topological polar surface area (TPSA) is 79.5 Å². The maximum Gasteiger partial charge on any atom is 0.308 e. The Labute approximate surface area is 124 Å². The quantitative estimate of drug-likeness (QED) is 0.918. The van der Waals surface area contributed by atoms with Gasteiger partial charge in [-0.3, -0.25) is 9.69 Å². The first-order valence-corrected chi connectivity index (χ1v) is 7.87. The fraction of sp³-hybridized carbons (Fsp3) is 0.800. The lowest BCUT2D eigenvalue weighted by atomic mass is 9.85. The smallest absolute Gasteiger partial charge is 0.308 e. The van der Waals surface area contributed by atoms with E-state index in [1.54, 1.807) is 0 Å². The number of hydrogen-bond acceptors (Lipinski definition) is 5. The summed E-state index contributed by atoms with van der Waals surface area (Å²) < 4.78 is 5.37. The molecule has 21 heavy (non-hydrogen) atoms. The van der Waals surface area contributed by atoms with Crippen molar-refractivity contribution >= 4 is 5.97 Å². The summed E-state index contributed by atoms with van der Waals surface area (Å²) in [5.74, 6) is 0.880. The molecule has 1 aliphatic heterocycles. The summed E-state index contributed by atoms with van der Waals surface area (Å²) in [7, 11) is 0. The van der Waals surface area contributed by atoms with Gasteiger partial charge in [0, 0.05) is 18.0 Å². The molecule has 1 saturated carbocycles. The Hall–Kier alpha value is -1.43. The van der Waals surface area contributed by atoms with Gasteiger partial charge in [0.15, 0.2) is 5.82 Å². The van der Waals surface area contributed by atoms with E-state index >= 15 is 0 Å². The van der Waals surface area contributed by atoms with Gasteiger partial charge in [0.2, 0.25) is 5.89 Å². The maximum atomic E-state index is 11.3. The van der Waals surface area contributed by atoms with Gasteiger partial charge in [-0.05, 0) is 39.5 Å². The first-order chi connectivity index (χ1) is 10.1. The molecule has 3 rings (SSSR count). The second kappa shape index (κ2) is 5.75. The zero-order valence-corrected chi connectivity index (χ0v) is 12.7. The molecule has 2 heterocycles. The Balaban J connectivity index is 1.69. The molecule has 0 amide bonds. The van der Waals surface area contributed by atoms with Gasteiger partial charge in [0.05, 0.1) is 12.5 Å². The van der Waals surface area contributed by atoms with Gasteiger partial charge in [0.1, 0.15) is 0 Å². The summed E-state index contributed by atoms with van der Waals surface area (Å²) in [6.45, 7) is 4.67. The lowest BCUT2D eigenvalue weighted by Gasteiger charge is -2.41. The zero-order chi connectivity index (χ0) is 15.0. The van der Waals surface area contributed by atoms with Crippen molar-refractivity contribution < 1.29 is 14.4 Å². The van der Waals surface area contributed by atoms with Crippen LogP contribution < -0.4 is 0 Å². The number of carboxylic acids is 1. The molecule has 116 valence electrons. The molecule has 1 aromatic rings. The number of aliphatic carboxylic acids is 1. The van der Waals surface area contributed by atoms with E-state index in [1.165, 1.54) is 6.42 Å². The normalized spacial score (nSPS) is 31.0. The third-order valence-corrected chi connectivity index (χ3v) is 5.16. The third-order valence-electron chi connectivity index (χ3n) is 5.16. The van der Waals surface area contributed by atoms with Gasteiger partial charge in [-0.15, -0.1) is 0 Å². The molecule has 3 unspecified atom stereocenters. The Morgan fingerprint density at radius 3 is 2.71 bits per heavy atom. The first-order valence-electron chi connectivity index (χ1n) is 7.87. The van der Waals surface area contributed by atoms with Crippen molar-refractivity contribution in [3.05, 3.63) is 11.7 Å². The third kappa shape index (κ3) is 2.81. The fourth-order valence-electron chi connectivity index (χ4n) is 3.41. The van der Waals surface area contributed by atoms with Crippen molar-refractivity contribution in [1.82, 2.24) is 15.0 Å². The van der Waals surface area contributed by atoms with Crippen LogP contribution in [0.15, 0.2) is 4.52 Å². The van der Waals surface area contributed by atoms with Crippen molar-refractivity contribution in [2.24, 2.45) is 5.92 Å². The van der Waals surface area contributed by atoms with Crippen LogP contribution in [0.2, 0.25) is 0 Å². The lowest BCUT2D eigenvalue weighted by Crippen LogP contribution is -2.50. The van der Waals surface area contributed by atoms with E-state index in [9.17, 15) is 9.90 Å². The SMILES string of the molecule is CC1CCC(C(=O)O)C(C)N1Cc1nc(C2CCC2)no1. The van der Waals surface area contributed by atoms with Crippen molar-refractivity contribution in [1.29, 1.82) is 0 Å². The second-order valence-corrected chi connectivity index (χ2v) is 6.46. The molecular weight excluding hydrogens is 270 g/mol. The van der Waals surface area contributed by atoms with E-state index in [0.717, 1.165) is 31.5 Å². The Morgan fingerprint density at radius 1 is 1.33 bits per heavy atom. The molecule has 3 atom stereocenters. The molecule has 0 aromatic carbocycles. The van der Waals surface area contributed by atoms with Crippen LogP contribution in [-0.2, 0) is 11.3 Å². The van der Waals surface area contributed by atoms with Crippen LogP contribution >= 0.6 is 0 Å². The summed E-state index contributed by atoms with van der Waals surface area (Å²) in [5, 5.41) is 13.4. The van der Waals surface area contributed by atoms with Crippen LogP contribution in [0.1, 0.15) is 63.6 Å². The predicted molar refractivity (Wildman–Crippen MR) is 75.7 cm³/mol. The van der Waals surface area contributed by atoms with Gasteiger partial charge in [0.25, 0.3) is 0 Å². The number of likely N-dealkylation sites (tertiary alicyclic amines) is 1. The van der Waals surface area contributed by atoms with E-state index in [2.05, 4.69) is 22.0 Å². The van der Waals surface area contributed by atoms with Crippen molar-refractivity contribution in [2.45, 2.75) is 70.5 Å². The molecule has 0 radical (unpaired) electrons. The summed E-state index contributed by atoms with van der Waals surface area (Å²) in [4.78, 5) is 18.0. The molecule has 1 aromatic heterocycles. The average molecular weight is 293 g/mol. The van der Waals surface area contributed by atoms with E-state index in [1.807, 2.05) is 6.92 Å². The molecule has 2 fully saturated rings. The molecule has 1 N–H and O–H groups in total. The van der Waals surface area contributed by atoms with E-state index in [-0.39, 0.29) is 12.0 Å². The van der Waals surface area contributed by atoms with Gasteiger partial charge in [-0.2, -0.15) is 4.98 Å². The highest BCUT2D eigenvalue weighted by molar-refractivity contribution is 5.71. The number of rotatable bonds is 4. The molecule has 2 aliphatic rings. The minimum Gasteiger partial charge on any atom is -0.481 e. The largest absolute Gasteiger partial charge is 0.481 e. The molecule has 6 heteroatoms. The van der Waals surface area contributed by atoms with Crippen LogP contribution in [0.4, 0.5) is 0 Å². The van der Waals surface area contributed by atoms with Crippen LogP contribution in [-0.4, -0.2) is 38.2 Å². The second-order valence-electron chi connectivity index (χ2n) is 6.46. The minimum absolute atomic E-state index is 0.00898. The summed E-state index contributed by atoms with van der Waals surface area (Å²) in [6, 6.07) is 0.333. The highest BCUT2D eigenvalue weighted by atomic mass is 16.5. The van der Waals surface area contributed by atoms with Crippen LogP contribution in [0, 0.1) is 5.92 Å². The summed E-state index contributed by atoms with van der Waals surface area (Å²) in [5.41, 5.74) is 0. The molecule has 1 saturated heterocycles. The Kier molecular flexibility index (Phi) is 3.97. The maximum absolute atomic E-state index is 11.3.